The van der Waals surface area contributed by atoms with Gasteiger partial charge in [0.2, 0.25) is 0 Å². The molecule has 98 valence electrons. The van der Waals surface area contributed by atoms with Crippen LogP contribution in [0, 0.1) is 5.21 Å². The Balaban J connectivity index is 2.08. The Morgan fingerprint density at radius 2 is 2.12 bits per heavy atom. The van der Waals surface area contributed by atoms with Gasteiger partial charge in [0.25, 0.3) is 0 Å². The van der Waals surface area contributed by atoms with Crippen molar-refractivity contribution in [2.24, 2.45) is 0 Å². The van der Waals surface area contributed by atoms with Gasteiger partial charge in [0, 0.05) is 19.5 Å². The van der Waals surface area contributed by atoms with E-state index in [2.05, 4.69) is 11.9 Å². The summed E-state index contributed by atoms with van der Waals surface area (Å²) in [5.41, 5.74) is 0.911. The van der Waals surface area contributed by atoms with Gasteiger partial charge in [0.05, 0.1) is 12.0 Å². The summed E-state index contributed by atoms with van der Waals surface area (Å²) in [5, 5.41) is 11.9. The van der Waals surface area contributed by atoms with E-state index in [0.717, 1.165) is 49.2 Å². The molecule has 0 saturated carbocycles. The van der Waals surface area contributed by atoms with E-state index in [-0.39, 0.29) is 11.7 Å². The summed E-state index contributed by atoms with van der Waals surface area (Å²) >= 11 is 0. The Morgan fingerprint density at radius 3 is 2.71 bits per heavy atom. The van der Waals surface area contributed by atoms with E-state index in [9.17, 15) is 5.21 Å². The Bertz CT molecular complexity index is 307. The maximum Gasteiger partial charge on any atom is 0.195 e. The molecule has 1 spiro atoms. The van der Waals surface area contributed by atoms with Crippen molar-refractivity contribution in [2.45, 2.75) is 51.2 Å². The Hall–Kier alpha value is -0.610. The van der Waals surface area contributed by atoms with Crippen LogP contribution in [0.25, 0.3) is 0 Å². The molecule has 4 nitrogen and oxygen atoms in total. The van der Waals surface area contributed by atoms with Crippen molar-refractivity contribution in [1.29, 1.82) is 0 Å². The normalized spacial score (nSPS) is 32.1. The monoisotopic (exact) mass is 240 g/mol. The highest BCUT2D eigenvalue weighted by atomic mass is 16.5. The van der Waals surface area contributed by atoms with Crippen LogP contribution in [0.2, 0.25) is 0 Å². The number of piperidine rings is 1. The lowest BCUT2D eigenvalue weighted by Crippen LogP contribution is -2.42. The van der Waals surface area contributed by atoms with Crippen LogP contribution in [-0.4, -0.2) is 53.7 Å². The maximum atomic E-state index is 11.9. The molecule has 0 aromatic carbocycles. The van der Waals surface area contributed by atoms with Gasteiger partial charge < -0.3 is 14.8 Å². The van der Waals surface area contributed by atoms with Crippen LogP contribution in [-0.2, 0) is 4.74 Å². The highest BCUT2D eigenvalue weighted by molar-refractivity contribution is 5.87. The van der Waals surface area contributed by atoms with Crippen molar-refractivity contribution >= 4 is 5.71 Å². The molecule has 2 aliphatic heterocycles. The van der Waals surface area contributed by atoms with Gasteiger partial charge in [-0.1, -0.05) is 6.92 Å². The molecular weight excluding hydrogens is 216 g/mol. The first-order chi connectivity index (χ1) is 8.06. The van der Waals surface area contributed by atoms with E-state index in [1.807, 2.05) is 13.8 Å². The molecule has 2 heterocycles. The molecule has 2 saturated heterocycles. The molecule has 2 fully saturated rings. The largest absolute Gasteiger partial charge is 0.624 e. The van der Waals surface area contributed by atoms with Crippen LogP contribution >= 0.6 is 0 Å². The smallest absolute Gasteiger partial charge is 0.195 e. The lowest BCUT2D eigenvalue weighted by molar-refractivity contribution is -0.460. The fourth-order valence-corrected chi connectivity index (χ4v) is 2.92. The highest BCUT2D eigenvalue weighted by Gasteiger charge is 2.47. The second-order valence-electron chi connectivity index (χ2n) is 5.52. The zero-order valence-corrected chi connectivity index (χ0v) is 11.2. The molecule has 0 bridgehead atoms. The van der Waals surface area contributed by atoms with Gasteiger partial charge in [0.15, 0.2) is 12.3 Å². The predicted molar refractivity (Wildman–Crippen MR) is 68.4 cm³/mol. The van der Waals surface area contributed by atoms with Gasteiger partial charge in [0.1, 0.15) is 6.10 Å². The van der Waals surface area contributed by atoms with Crippen LogP contribution in [0.15, 0.2) is 0 Å². The summed E-state index contributed by atoms with van der Waals surface area (Å²) in [6, 6.07) is 0. The molecule has 2 aliphatic rings. The van der Waals surface area contributed by atoms with E-state index in [4.69, 9.17) is 4.74 Å². The molecule has 0 aromatic rings. The summed E-state index contributed by atoms with van der Waals surface area (Å²) in [4.78, 5) is 2.33. The van der Waals surface area contributed by atoms with Crippen LogP contribution in [0.1, 0.15) is 39.5 Å². The number of hydroxylamine groups is 1. The van der Waals surface area contributed by atoms with Gasteiger partial charge in [-0.25, -0.2) is 4.74 Å². The SMILES string of the molecule is CCC/[N+]([O-])=C1/CC2(CCN(C)CC2)OC1C. The van der Waals surface area contributed by atoms with Crippen molar-refractivity contribution in [2.75, 3.05) is 26.7 Å². The average Bonchev–Trinajstić information content (AvgIpc) is 2.61. The minimum atomic E-state index is -0.0440. The first-order valence-corrected chi connectivity index (χ1v) is 6.73. The molecule has 4 heteroatoms. The number of hydrogen-bond acceptors (Lipinski definition) is 3. The molecule has 0 amide bonds. The molecule has 1 atom stereocenters. The topological polar surface area (TPSA) is 38.5 Å². The van der Waals surface area contributed by atoms with Crippen molar-refractivity contribution in [3.05, 3.63) is 5.21 Å². The van der Waals surface area contributed by atoms with Crippen molar-refractivity contribution < 1.29 is 9.48 Å². The second-order valence-corrected chi connectivity index (χ2v) is 5.52. The quantitative estimate of drug-likeness (QED) is 0.418. The summed E-state index contributed by atoms with van der Waals surface area (Å²) in [5.74, 6) is 0. The van der Waals surface area contributed by atoms with Crippen LogP contribution < -0.4 is 0 Å². The lowest BCUT2D eigenvalue weighted by Gasteiger charge is -2.36. The minimum absolute atomic E-state index is 0.00227. The fourth-order valence-electron chi connectivity index (χ4n) is 2.92. The first-order valence-electron chi connectivity index (χ1n) is 6.73. The van der Waals surface area contributed by atoms with Crippen LogP contribution in [0.3, 0.4) is 0 Å². The van der Waals surface area contributed by atoms with E-state index < -0.39 is 0 Å². The van der Waals surface area contributed by atoms with Gasteiger partial charge in [-0.15, -0.1) is 0 Å². The molecular formula is C13H24N2O2. The molecule has 0 aromatic heterocycles. The summed E-state index contributed by atoms with van der Waals surface area (Å²) in [7, 11) is 2.15. The second kappa shape index (κ2) is 4.94. The van der Waals surface area contributed by atoms with Crippen molar-refractivity contribution in [1.82, 2.24) is 4.90 Å². The zero-order chi connectivity index (χ0) is 12.5. The Kier molecular flexibility index (Phi) is 3.73. The maximum absolute atomic E-state index is 11.9. The molecule has 0 aliphatic carbocycles. The molecule has 1 unspecified atom stereocenters. The molecule has 0 radical (unpaired) electrons. The van der Waals surface area contributed by atoms with Crippen molar-refractivity contribution in [3.8, 4) is 0 Å². The van der Waals surface area contributed by atoms with Gasteiger partial charge in [-0.2, -0.15) is 0 Å². The number of nitrogens with zero attached hydrogens (tertiary/aromatic N) is 2. The van der Waals surface area contributed by atoms with Crippen LogP contribution in [0.5, 0.6) is 0 Å². The van der Waals surface area contributed by atoms with Gasteiger partial charge in [-0.05, 0) is 26.8 Å². The minimum Gasteiger partial charge on any atom is -0.624 e. The number of rotatable bonds is 2. The van der Waals surface area contributed by atoms with E-state index in [1.54, 1.807) is 0 Å². The fraction of sp³-hybridized carbons (Fsp3) is 0.923. The molecule has 0 N–H and O–H groups in total. The summed E-state index contributed by atoms with van der Waals surface area (Å²) in [6.07, 6.45) is 3.85. The Morgan fingerprint density at radius 1 is 1.47 bits per heavy atom. The van der Waals surface area contributed by atoms with Gasteiger partial charge in [-0.3, -0.25) is 0 Å². The molecule has 17 heavy (non-hydrogen) atoms. The number of likely N-dealkylation sites (tertiary alicyclic amines) is 1. The Labute approximate surface area is 104 Å². The zero-order valence-electron chi connectivity index (χ0n) is 11.2. The predicted octanol–water partition coefficient (Wildman–Crippen LogP) is 1.62. The van der Waals surface area contributed by atoms with E-state index >= 15 is 0 Å². The third-order valence-electron chi connectivity index (χ3n) is 4.04. The standard InChI is InChI=1S/C13H24N2O2/c1-4-7-15(16)12-10-13(17-11(12)2)5-8-14(3)9-6-13/h11H,4-10H2,1-3H3/b15-12+. The third-order valence-corrected chi connectivity index (χ3v) is 4.04. The first kappa shape index (κ1) is 12.8. The highest BCUT2D eigenvalue weighted by Crippen LogP contribution is 2.37. The van der Waals surface area contributed by atoms with E-state index in [0.29, 0.717) is 6.54 Å². The number of hydrogen-bond donors (Lipinski definition) is 0. The lowest BCUT2D eigenvalue weighted by atomic mass is 9.88. The van der Waals surface area contributed by atoms with E-state index in [1.165, 1.54) is 0 Å². The summed E-state index contributed by atoms with van der Waals surface area (Å²) in [6.45, 7) is 6.80. The number of ether oxygens (including phenoxy) is 1. The average molecular weight is 240 g/mol. The molecule has 2 rings (SSSR count). The summed E-state index contributed by atoms with van der Waals surface area (Å²) < 4.78 is 7.28. The van der Waals surface area contributed by atoms with Crippen LogP contribution in [0.4, 0.5) is 0 Å². The van der Waals surface area contributed by atoms with Gasteiger partial charge >= 0.3 is 0 Å². The third kappa shape index (κ3) is 2.63. The van der Waals surface area contributed by atoms with Crippen molar-refractivity contribution in [3.63, 3.8) is 0 Å².